The molecule has 4 amide bonds. The Hall–Kier alpha value is -3.27. The summed E-state index contributed by atoms with van der Waals surface area (Å²) in [6, 6.07) is 8.35. The quantitative estimate of drug-likeness (QED) is 0.330. The van der Waals surface area contributed by atoms with E-state index in [1.807, 2.05) is 18.2 Å². The van der Waals surface area contributed by atoms with Gasteiger partial charge in [0.15, 0.2) is 0 Å². The normalized spacial score (nSPS) is 23.6. The van der Waals surface area contributed by atoms with Crippen molar-refractivity contribution >= 4 is 73.1 Å². The van der Waals surface area contributed by atoms with Gasteiger partial charge >= 0.3 is 195 Å². The molecule has 0 saturated carbocycles. The van der Waals surface area contributed by atoms with Crippen molar-refractivity contribution < 1.29 is 47.7 Å². The zero-order chi connectivity index (χ0) is 31.8. The van der Waals surface area contributed by atoms with E-state index in [4.69, 9.17) is 21.1 Å². The molecule has 2 fully saturated rings. The fourth-order valence-electron chi connectivity index (χ4n) is 5.50. The third-order valence-corrected chi connectivity index (χ3v) is 12.7. The minimum absolute atomic E-state index is 0. The van der Waals surface area contributed by atoms with Crippen molar-refractivity contribution in [3.8, 4) is 0 Å². The van der Waals surface area contributed by atoms with Crippen LogP contribution in [0.2, 0.25) is 5.02 Å². The smallest absolute Gasteiger partial charge is 0.0649 e. The Morgan fingerprint density at radius 2 is 1.89 bits per heavy atom. The minimum Gasteiger partial charge on any atom is -0.412 e. The molecule has 2 saturated heterocycles. The van der Waals surface area contributed by atoms with Crippen LogP contribution in [0.15, 0.2) is 42.5 Å². The number of nitrogens with one attached hydrogen (secondary N) is 3. The molecular weight excluding hydrogens is 721 g/mol. The second-order valence-electron chi connectivity index (χ2n) is 11.0. The molecule has 1 radical (unpaired) electrons. The molecule has 5 atom stereocenters. The predicted molar refractivity (Wildman–Crippen MR) is 158 cm³/mol. The van der Waals surface area contributed by atoms with Gasteiger partial charge in [0.1, 0.15) is 0 Å². The number of rotatable bonds is 8. The third kappa shape index (κ3) is 8.12. The van der Waals surface area contributed by atoms with Crippen LogP contribution in [0, 0.1) is 0 Å². The molecule has 12 nitrogen and oxygen atoms in total. The number of ether oxygens (including phenoxy) is 2. The first-order valence-corrected chi connectivity index (χ1v) is 17.9. The topological polar surface area (TPSA) is 175 Å². The minimum atomic E-state index is -3.35. The maximum absolute atomic E-state index is 14.6. The van der Waals surface area contributed by atoms with Crippen molar-refractivity contribution in [1.29, 1.82) is 0 Å². The van der Waals surface area contributed by atoms with Crippen molar-refractivity contribution in [2.24, 2.45) is 0 Å². The van der Waals surface area contributed by atoms with Crippen LogP contribution in [0.3, 0.4) is 0 Å². The first-order valence-electron chi connectivity index (χ1n) is 13.9. The van der Waals surface area contributed by atoms with Gasteiger partial charge in [0.05, 0.1) is 10.7 Å². The largest absolute Gasteiger partial charge is 0.412 e. The molecule has 0 spiro atoms. The summed E-state index contributed by atoms with van der Waals surface area (Å²) in [4.78, 5) is 63.5. The molecule has 5 unspecified atom stereocenters. The molecule has 5 N–H and O–H groups in total. The van der Waals surface area contributed by atoms with Crippen LogP contribution in [-0.4, -0.2) is 104 Å². The van der Waals surface area contributed by atoms with Gasteiger partial charge in [-0.2, -0.15) is 0 Å². The van der Waals surface area contributed by atoms with Crippen LogP contribution in [0.25, 0.3) is 0 Å². The maximum atomic E-state index is 14.6. The zero-order valence-electron chi connectivity index (χ0n) is 24.3. The Labute approximate surface area is 273 Å². The second-order valence-corrected chi connectivity index (χ2v) is 16.3. The molecule has 239 valence electrons. The fraction of sp³-hybridized carbons (Fsp3) is 0.414. The number of esters is 1. The van der Waals surface area contributed by atoms with E-state index >= 15 is 0 Å². The average molecular weight is 752 g/mol. The Balaban J connectivity index is 0.00000461. The zero-order valence-corrected chi connectivity index (χ0v) is 28.3. The maximum Gasteiger partial charge on any atom is 0.0649 e. The number of amides is 4. The average Bonchev–Trinajstić information content (AvgIpc) is 3.62. The van der Waals surface area contributed by atoms with Crippen molar-refractivity contribution in [1.82, 2.24) is 15.5 Å². The number of nitrogens with zero attached hydrogens (tertiary/aromatic N) is 1. The summed E-state index contributed by atoms with van der Waals surface area (Å²) < 4.78 is 41.8. The summed E-state index contributed by atoms with van der Waals surface area (Å²) in [6.45, 7) is 1.59. The molecule has 2 aromatic rings. The van der Waals surface area contributed by atoms with E-state index < -0.39 is 89.9 Å². The van der Waals surface area contributed by atoms with E-state index in [0.717, 1.165) is 4.90 Å². The molecule has 0 aliphatic carbocycles. The van der Waals surface area contributed by atoms with E-state index in [1.54, 1.807) is 0 Å². The Kier molecular flexibility index (Phi) is 10.8. The standard InChI is InChI=1S/C29H29ClF2N4O7.In.H2O/c1-16(33-25(39)19-8-9-21(20(30)12-19)34-17(2)37)27(41)36-15-29(31,32)14-23(36)26(40)35-22-13-24(38)43-28(22)42-11-10-18-6-4-3-5-7-18;;/h3-6,8-9,11-12,16,22-23,28H,10,13-15H2,1-2H3,(H,33,39)(H,34,37)(H,35,40);;1H2. The Bertz CT molecular complexity index is 1490. The number of fused-ring (bicyclic) bond motifs is 1. The third-order valence-electron chi connectivity index (χ3n) is 7.56. The first kappa shape index (κ1) is 34.6. The number of carbonyl (C=O) groups excluding carboxylic acids is 5. The summed E-state index contributed by atoms with van der Waals surface area (Å²) >= 11 is 4.78. The van der Waals surface area contributed by atoms with E-state index in [2.05, 4.69) is 22.0 Å². The molecule has 0 aromatic heterocycles. The number of anilines is 1. The predicted octanol–water partition coefficient (Wildman–Crippen LogP) is 0.515. The van der Waals surface area contributed by atoms with E-state index in [9.17, 15) is 32.8 Å². The first-order chi connectivity index (χ1) is 20.8. The van der Waals surface area contributed by atoms with Gasteiger partial charge in [0, 0.05) is 12.5 Å². The van der Waals surface area contributed by atoms with Gasteiger partial charge in [-0.3, -0.25) is 9.59 Å². The van der Waals surface area contributed by atoms with Crippen molar-refractivity contribution in [3.05, 3.63) is 58.6 Å². The number of halogens is 3. The van der Waals surface area contributed by atoms with Gasteiger partial charge in [-0.1, -0.05) is 11.6 Å². The van der Waals surface area contributed by atoms with E-state index in [1.165, 1.54) is 40.9 Å². The van der Waals surface area contributed by atoms with Crippen molar-refractivity contribution in [3.63, 3.8) is 0 Å². The molecule has 3 heterocycles. The number of likely N-dealkylation sites (tertiary alicyclic amines) is 1. The van der Waals surface area contributed by atoms with E-state index in [0.29, 0.717) is 6.42 Å². The number of hydrogen-bond donors (Lipinski definition) is 3. The van der Waals surface area contributed by atoms with Gasteiger partial charge < -0.3 is 10.8 Å². The van der Waals surface area contributed by atoms with Crippen LogP contribution in [-0.2, 0) is 35.1 Å². The van der Waals surface area contributed by atoms with Crippen LogP contribution < -0.4 is 19.3 Å². The Morgan fingerprint density at radius 3 is 2.58 bits per heavy atom. The summed E-state index contributed by atoms with van der Waals surface area (Å²) in [6.07, 6.45) is -1.51. The summed E-state index contributed by atoms with van der Waals surface area (Å²) in [7, 11) is 0. The number of cyclic esters (lactones) is 1. The molecular formula is C29H31ClF2InN4O8. The molecule has 3 aliphatic rings. The Morgan fingerprint density at radius 1 is 1.16 bits per heavy atom. The summed E-state index contributed by atoms with van der Waals surface area (Å²) in [5, 5.41) is 7.64. The molecule has 5 rings (SSSR count). The summed E-state index contributed by atoms with van der Waals surface area (Å²) in [5.74, 6) is -6.77. The van der Waals surface area contributed by atoms with Crippen LogP contribution >= 0.6 is 11.6 Å². The molecule has 3 aliphatic heterocycles. The van der Waals surface area contributed by atoms with Crippen LogP contribution in [0.5, 0.6) is 0 Å². The van der Waals surface area contributed by atoms with Gasteiger partial charge in [-0.15, -0.1) is 0 Å². The number of carbonyl (C=O) groups is 5. The molecule has 0 bridgehead atoms. The SMILES string of the molecule is CC(=O)Nc1ccc(C(=O)NC(C)C(=O)N2CC(F)(F)CC2C(=O)NC2CC(=O)OC2O[CH]2Cc3cccc[c]3[In]2)cc1Cl.O. The van der Waals surface area contributed by atoms with Gasteiger partial charge in [-0.25, -0.2) is 0 Å². The second kappa shape index (κ2) is 14.0. The number of alkyl halides is 2. The van der Waals surface area contributed by atoms with Gasteiger partial charge in [0.2, 0.25) is 5.91 Å². The fourth-order valence-corrected chi connectivity index (χ4v) is 10.4. The van der Waals surface area contributed by atoms with Gasteiger partial charge in [-0.05, 0) is 18.2 Å². The van der Waals surface area contributed by atoms with E-state index in [-0.39, 0.29) is 37.9 Å². The van der Waals surface area contributed by atoms with Gasteiger partial charge in [0.25, 0.3) is 0 Å². The van der Waals surface area contributed by atoms with Crippen molar-refractivity contribution in [2.45, 2.75) is 67.3 Å². The number of benzene rings is 2. The number of hydrogen-bond acceptors (Lipinski definition) is 7. The molecule has 45 heavy (non-hydrogen) atoms. The van der Waals surface area contributed by atoms with Crippen LogP contribution in [0.1, 0.15) is 42.6 Å². The van der Waals surface area contributed by atoms with Crippen molar-refractivity contribution in [2.75, 3.05) is 11.9 Å². The molecule has 2 aromatic carbocycles. The monoisotopic (exact) mass is 751 g/mol. The molecule has 16 heteroatoms. The summed E-state index contributed by atoms with van der Waals surface area (Å²) in [5.41, 5.74) is 1.54. The van der Waals surface area contributed by atoms with Crippen LogP contribution in [0.4, 0.5) is 14.5 Å².